The van der Waals surface area contributed by atoms with Gasteiger partial charge in [0, 0.05) is 0 Å². The van der Waals surface area contributed by atoms with Crippen LogP contribution in [0.4, 0.5) is 4.39 Å². The van der Waals surface area contributed by atoms with E-state index in [0.29, 0.717) is 32.9 Å². The second-order valence-electron chi connectivity index (χ2n) is 7.51. The normalized spacial score (nSPS) is 17.4. The van der Waals surface area contributed by atoms with Crippen molar-refractivity contribution in [3.8, 4) is 16.9 Å². The molecule has 0 bridgehead atoms. The molecule has 0 aliphatic carbocycles. The molecule has 0 unspecified atom stereocenters. The molecule has 0 aromatic heterocycles. The van der Waals surface area contributed by atoms with Gasteiger partial charge in [0.1, 0.15) is 0 Å². The van der Waals surface area contributed by atoms with Crippen LogP contribution in [-0.4, -0.2) is 32.2 Å². The molecule has 4 nitrogen and oxygen atoms in total. The van der Waals surface area contributed by atoms with Crippen LogP contribution in [0.15, 0.2) is 24.3 Å². The maximum atomic E-state index is 14.7. The van der Waals surface area contributed by atoms with Gasteiger partial charge in [-0.2, -0.15) is 0 Å². The summed E-state index contributed by atoms with van der Waals surface area (Å²) < 4.78 is 37.7. The Balaban J connectivity index is 2.26. The van der Waals surface area contributed by atoms with Gasteiger partial charge in [-0.1, -0.05) is 0 Å². The van der Waals surface area contributed by atoms with Crippen molar-refractivity contribution in [1.29, 1.82) is 0 Å². The Labute approximate surface area is 170 Å². The fourth-order valence-corrected chi connectivity index (χ4v) is 3.33. The van der Waals surface area contributed by atoms with Crippen molar-refractivity contribution in [3.63, 3.8) is 0 Å². The number of rotatable bonds is 4. The number of halogens is 1. The van der Waals surface area contributed by atoms with Crippen LogP contribution in [0.1, 0.15) is 33.3 Å². The first kappa shape index (κ1) is 21.4. The first-order valence-electron chi connectivity index (χ1n) is 8.79. The van der Waals surface area contributed by atoms with Crippen LogP contribution in [-0.2, 0) is 24.8 Å². The van der Waals surface area contributed by atoms with Gasteiger partial charge in [0.2, 0.25) is 0 Å². The van der Waals surface area contributed by atoms with E-state index in [1.54, 1.807) is 19.2 Å². The molecule has 2 aromatic carbocycles. The van der Waals surface area contributed by atoms with Gasteiger partial charge >= 0.3 is 170 Å². The van der Waals surface area contributed by atoms with Crippen LogP contribution in [0.2, 0.25) is 0 Å². The number of fused-ring (bicyclic) bond motifs is 1. The maximum absolute atomic E-state index is 14.7. The molecule has 3 rings (SSSR count). The predicted octanol–water partition coefficient (Wildman–Crippen LogP) is 3.71. The molecule has 0 radical (unpaired) electrons. The average molecular weight is 419 g/mol. The third kappa shape index (κ3) is 4.03. The fraction of sp³-hybridized carbons (Fsp3) is 0.400. The number of thiol groups is 1. The summed E-state index contributed by atoms with van der Waals surface area (Å²) in [6.45, 7) is 7.99. The van der Waals surface area contributed by atoms with Gasteiger partial charge in [-0.15, -0.1) is 0 Å². The molecule has 0 saturated carbocycles. The molecule has 1 aliphatic heterocycles. The van der Waals surface area contributed by atoms with E-state index in [0.717, 1.165) is 5.39 Å². The van der Waals surface area contributed by atoms with Crippen molar-refractivity contribution in [2.24, 2.45) is 0 Å². The Morgan fingerprint density at radius 3 is 2.46 bits per heavy atom. The van der Waals surface area contributed by atoms with E-state index in [-0.39, 0.29) is 6.79 Å². The van der Waals surface area contributed by atoms with Crippen LogP contribution in [0, 0.1) is 17.0 Å². The van der Waals surface area contributed by atoms with Crippen molar-refractivity contribution in [2.75, 3.05) is 13.9 Å². The summed E-state index contributed by atoms with van der Waals surface area (Å²) in [7, 11) is 5.51. The van der Waals surface area contributed by atoms with Crippen LogP contribution in [0.5, 0.6) is 5.75 Å². The summed E-state index contributed by atoms with van der Waals surface area (Å²) >= 11 is 0. The Kier molecular flexibility index (Phi) is 6.29. The molecule has 8 heteroatoms. The zero-order valence-electron chi connectivity index (χ0n) is 16.5. The molecule has 0 amide bonds. The molecule has 148 valence electrons. The van der Waals surface area contributed by atoms with Crippen molar-refractivity contribution < 1.29 is 23.2 Å². The van der Waals surface area contributed by atoms with Gasteiger partial charge < -0.3 is 0 Å². The van der Waals surface area contributed by atoms with Gasteiger partial charge in [0.05, 0.1) is 0 Å². The van der Waals surface area contributed by atoms with Crippen molar-refractivity contribution in [3.05, 3.63) is 35.6 Å². The second-order valence-corrected chi connectivity index (χ2v) is 8.53. The number of benzene rings is 2. The third-order valence-electron chi connectivity index (χ3n) is 5.15. The van der Waals surface area contributed by atoms with E-state index in [1.165, 1.54) is 6.07 Å². The summed E-state index contributed by atoms with van der Waals surface area (Å²) in [6.07, 6.45) is 0. The van der Waals surface area contributed by atoms with Crippen molar-refractivity contribution >= 4 is 41.9 Å². The average Bonchev–Trinajstić information content (AvgIpc) is 2.86. The molecular weight excluding hydrogens is 397 g/mol. The first-order valence-corrected chi connectivity index (χ1v) is 10.8. The monoisotopic (exact) mass is 419 g/mol. The molecule has 0 N–H and O–H groups in total. The van der Waals surface area contributed by atoms with Gasteiger partial charge in [-0.3, -0.25) is 0 Å². The fourth-order valence-electron chi connectivity index (χ4n) is 3.01. The molecule has 2 aromatic rings. The SMILES string of the molecule is COCOc1cc(B2OC(C)(C)C(C)(C)O2)c2c(C#C[SH-]#P)c(F)ccc2c1. The molecule has 0 atom stereocenters. The minimum absolute atomic E-state index is 0.0979. The van der Waals surface area contributed by atoms with Gasteiger partial charge in [0.25, 0.3) is 0 Å². The Bertz CT molecular complexity index is 1010. The van der Waals surface area contributed by atoms with Gasteiger partial charge in [-0.25, -0.2) is 0 Å². The van der Waals surface area contributed by atoms with Crippen LogP contribution < -0.4 is 10.2 Å². The summed E-state index contributed by atoms with van der Waals surface area (Å²) in [5, 5.41) is 4.23. The third-order valence-corrected chi connectivity index (χ3v) is 5.66. The van der Waals surface area contributed by atoms with E-state index in [4.69, 9.17) is 18.8 Å². The Morgan fingerprint density at radius 2 is 1.86 bits per heavy atom. The molecule has 1 fully saturated rings. The number of methoxy groups -OCH3 is 1. The zero-order valence-corrected chi connectivity index (χ0v) is 18.3. The number of hydrogen-bond donors (Lipinski definition) is 0. The Morgan fingerprint density at radius 1 is 1.18 bits per heavy atom. The first-order chi connectivity index (χ1) is 13.2. The van der Waals surface area contributed by atoms with E-state index in [2.05, 4.69) is 19.0 Å². The number of ether oxygens (including phenoxy) is 2. The van der Waals surface area contributed by atoms with Gasteiger partial charge in [-0.05, 0) is 0 Å². The molecule has 0 spiro atoms. The standard InChI is InChI=1S/C20H22BFO4PS/c1-19(2)20(3,4)26-21(25-19)16-11-14(24-12-23-5)10-13-6-7-17(22)15(18(13)16)8-9-28-27/h6-7,10-11,28H,12H2,1-5H3/q-1. The minimum atomic E-state index is -0.686. The topological polar surface area (TPSA) is 36.9 Å². The number of hydrogen-bond acceptors (Lipinski definition) is 5. The van der Waals surface area contributed by atoms with E-state index < -0.39 is 24.1 Å². The molecule has 1 aliphatic rings. The van der Waals surface area contributed by atoms with Crippen LogP contribution >= 0.6 is 7.81 Å². The van der Waals surface area contributed by atoms with Crippen LogP contribution in [0.3, 0.4) is 0 Å². The van der Waals surface area contributed by atoms with Gasteiger partial charge in [0.15, 0.2) is 0 Å². The second kappa shape index (κ2) is 8.22. The zero-order chi connectivity index (χ0) is 20.5. The van der Waals surface area contributed by atoms with Crippen molar-refractivity contribution in [2.45, 2.75) is 38.9 Å². The summed E-state index contributed by atoms with van der Waals surface area (Å²) in [5.74, 6) is 3.06. The summed E-state index contributed by atoms with van der Waals surface area (Å²) in [5.41, 5.74) is -0.101. The summed E-state index contributed by atoms with van der Waals surface area (Å²) in [6, 6.07) is 6.72. The van der Waals surface area contributed by atoms with Crippen LogP contribution in [0.25, 0.3) is 10.8 Å². The van der Waals surface area contributed by atoms with E-state index >= 15 is 0 Å². The molecule has 1 saturated heterocycles. The van der Waals surface area contributed by atoms with E-state index in [1.807, 2.05) is 33.8 Å². The molecule has 1 heterocycles. The Hall–Kier alpha value is -1.29. The van der Waals surface area contributed by atoms with Crippen molar-refractivity contribution in [1.82, 2.24) is 0 Å². The predicted molar refractivity (Wildman–Crippen MR) is 115 cm³/mol. The quantitative estimate of drug-likeness (QED) is 0.189. The molecule has 28 heavy (non-hydrogen) atoms. The van der Waals surface area contributed by atoms with E-state index in [9.17, 15) is 4.39 Å². The summed E-state index contributed by atoms with van der Waals surface area (Å²) in [4.78, 5) is 0. The molecular formula is C20H22BFO4PS-.